The highest BCUT2D eigenvalue weighted by Gasteiger charge is 2.27. The van der Waals surface area contributed by atoms with Gasteiger partial charge in [-0.15, -0.1) is 24.0 Å². The summed E-state index contributed by atoms with van der Waals surface area (Å²) in [5.74, 6) is 0.769. The van der Waals surface area contributed by atoms with Crippen molar-refractivity contribution in [3.63, 3.8) is 0 Å². The normalized spacial score (nSPS) is 18.9. The molecule has 0 bridgehead atoms. The van der Waals surface area contributed by atoms with Gasteiger partial charge in [0.25, 0.3) is 0 Å². The van der Waals surface area contributed by atoms with E-state index in [0.29, 0.717) is 6.61 Å². The lowest BCUT2D eigenvalue weighted by molar-refractivity contribution is -0.149. The van der Waals surface area contributed by atoms with Crippen LogP contribution in [0.5, 0.6) is 0 Å². The molecule has 2 heterocycles. The molecule has 1 N–H and O–H groups in total. The first-order valence-electron chi connectivity index (χ1n) is 9.63. The summed E-state index contributed by atoms with van der Waals surface area (Å²) < 4.78 is 5.12. The number of carbonyl (C=O) groups is 2. The fraction of sp³-hybridized carbons (Fsp3) is 0.833. The number of nitrogens with one attached hydrogen (secondary N) is 1. The number of hydrogen-bond donors (Lipinski definition) is 1. The molecular formula is C18H33IN4O3. The van der Waals surface area contributed by atoms with Crippen molar-refractivity contribution in [2.24, 2.45) is 10.9 Å². The maximum absolute atomic E-state index is 12.3. The van der Waals surface area contributed by atoms with Crippen molar-refractivity contribution in [3.8, 4) is 0 Å². The average Bonchev–Trinajstić information content (AvgIpc) is 2.66. The third-order valence-electron chi connectivity index (χ3n) is 4.82. The van der Waals surface area contributed by atoms with E-state index in [0.717, 1.165) is 64.4 Å². The zero-order valence-corrected chi connectivity index (χ0v) is 18.4. The molecule has 7 nitrogen and oxygen atoms in total. The number of rotatable bonds is 5. The number of amides is 1. The van der Waals surface area contributed by atoms with Crippen LogP contribution in [-0.2, 0) is 14.3 Å². The maximum Gasteiger partial charge on any atom is 0.309 e. The number of piperidine rings is 2. The molecule has 0 aromatic carbocycles. The fourth-order valence-corrected chi connectivity index (χ4v) is 3.40. The predicted molar refractivity (Wildman–Crippen MR) is 113 cm³/mol. The van der Waals surface area contributed by atoms with E-state index in [9.17, 15) is 9.59 Å². The van der Waals surface area contributed by atoms with Gasteiger partial charge in [-0.25, -0.2) is 4.99 Å². The second-order valence-corrected chi connectivity index (χ2v) is 6.62. The molecule has 0 aliphatic carbocycles. The number of likely N-dealkylation sites (tertiary alicyclic amines) is 2. The van der Waals surface area contributed by atoms with Crippen LogP contribution in [0.15, 0.2) is 4.99 Å². The van der Waals surface area contributed by atoms with Crippen LogP contribution < -0.4 is 5.32 Å². The molecule has 8 heteroatoms. The van der Waals surface area contributed by atoms with Crippen LogP contribution in [0, 0.1) is 5.92 Å². The Bertz CT molecular complexity index is 473. The molecule has 0 unspecified atom stereocenters. The van der Waals surface area contributed by atoms with Crippen molar-refractivity contribution in [1.29, 1.82) is 0 Å². The largest absolute Gasteiger partial charge is 0.466 e. The molecule has 0 radical (unpaired) electrons. The second kappa shape index (κ2) is 12.3. The van der Waals surface area contributed by atoms with Crippen molar-refractivity contribution >= 4 is 41.8 Å². The number of esters is 1. The van der Waals surface area contributed by atoms with E-state index in [1.165, 1.54) is 6.42 Å². The van der Waals surface area contributed by atoms with Crippen LogP contribution in [0.3, 0.4) is 0 Å². The lowest BCUT2D eigenvalue weighted by Crippen LogP contribution is -2.47. The third-order valence-corrected chi connectivity index (χ3v) is 4.82. The van der Waals surface area contributed by atoms with E-state index < -0.39 is 0 Å². The van der Waals surface area contributed by atoms with E-state index in [1.807, 2.05) is 18.7 Å². The quantitative estimate of drug-likeness (QED) is 0.282. The second-order valence-electron chi connectivity index (χ2n) is 6.62. The van der Waals surface area contributed by atoms with E-state index in [4.69, 9.17) is 4.74 Å². The minimum absolute atomic E-state index is 0. The molecular weight excluding hydrogens is 447 g/mol. The first-order valence-corrected chi connectivity index (χ1v) is 9.63. The molecule has 26 heavy (non-hydrogen) atoms. The molecule has 2 fully saturated rings. The Balaban J connectivity index is 0.00000338. The van der Waals surface area contributed by atoms with Gasteiger partial charge in [-0.3, -0.25) is 9.59 Å². The number of halogens is 1. The molecule has 1 amide bonds. The van der Waals surface area contributed by atoms with Gasteiger partial charge in [0.05, 0.1) is 12.5 Å². The molecule has 0 saturated carbocycles. The monoisotopic (exact) mass is 480 g/mol. The Hall–Kier alpha value is -1.06. The third kappa shape index (κ3) is 6.92. The number of aliphatic imine (C=N–C) groups is 1. The van der Waals surface area contributed by atoms with E-state index >= 15 is 0 Å². The van der Waals surface area contributed by atoms with Crippen molar-refractivity contribution in [2.75, 3.05) is 45.9 Å². The van der Waals surface area contributed by atoms with Gasteiger partial charge in [0.2, 0.25) is 5.91 Å². The molecule has 0 aromatic heterocycles. The highest BCUT2D eigenvalue weighted by atomic mass is 127. The van der Waals surface area contributed by atoms with Crippen LogP contribution >= 0.6 is 24.0 Å². The van der Waals surface area contributed by atoms with E-state index in [1.54, 1.807) is 0 Å². The SMILES string of the molecule is CCNC(=NCC(=O)N1CCCCC1)N1CCC(C(=O)OCC)CC1.I. The van der Waals surface area contributed by atoms with Crippen molar-refractivity contribution in [3.05, 3.63) is 0 Å². The van der Waals surface area contributed by atoms with Gasteiger partial charge in [-0.1, -0.05) is 0 Å². The molecule has 2 rings (SSSR count). The standard InChI is InChI=1S/C18H32N4O3.HI/c1-3-19-18(20-14-16(23)21-10-6-5-7-11-21)22-12-8-15(9-13-22)17(24)25-4-2;/h15H,3-14H2,1-2H3,(H,19,20);1H. The van der Waals surface area contributed by atoms with Crippen molar-refractivity contribution < 1.29 is 14.3 Å². The van der Waals surface area contributed by atoms with Gasteiger partial charge < -0.3 is 19.9 Å². The fourth-order valence-electron chi connectivity index (χ4n) is 3.40. The molecule has 2 aliphatic heterocycles. The Kier molecular flexibility index (Phi) is 10.9. The van der Waals surface area contributed by atoms with Gasteiger partial charge in [0.15, 0.2) is 5.96 Å². The summed E-state index contributed by atoms with van der Waals surface area (Å²) in [6.45, 7) is 8.47. The first kappa shape index (κ1) is 23.0. The highest BCUT2D eigenvalue weighted by Crippen LogP contribution is 2.19. The Morgan fingerprint density at radius 1 is 1.04 bits per heavy atom. The smallest absolute Gasteiger partial charge is 0.309 e. The van der Waals surface area contributed by atoms with Crippen LogP contribution in [-0.4, -0.2) is 73.5 Å². The van der Waals surface area contributed by atoms with Crippen LogP contribution in [0.4, 0.5) is 0 Å². The topological polar surface area (TPSA) is 74.2 Å². The highest BCUT2D eigenvalue weighted by molar-refractivity contribution is 14.0. The van der Waals surface area contributed by atoms with Crippen LogP contribution in [0.25, 0.3) is 0 Å². The Morgan fingerprint density at radius 2 is 1.69 bits per heavy atom. The molecule has 0 aromatic rings. The number of carbonyl (C=O) groups excluding carboxylic acids is 2. The van der Waals surface area contributed by atoms with E-state index in [2.05, 4.69) is 15.2 Å². The summed E-state index contributed by atoms with van der Waals surface area (Å²) >= 11 is 0. The lowest BCUT2D eigenvalue weighted by atomic mass is 9.97. The molecule has 2 saturated heterocycles. The summed E-state index contributed by atoms with van der Waals surface area (Å²) in [5, 5.41) is 3.27. The Morgan fingerprint density at radius 3 is 2.27 bits per heavy atom. The molecule has 0 atom stereocenters. The minimum atomic E-state index is -0.0932. The van der Waals surface area contributed by atoms with Crippen molar-refractivity contribution in [2.45, 2.75) is 46.0 Å². The number of guanidine groups is 1. The van der Waals surface area contributed by atoms with Gasteiger partial charge in [-0.2, -0.15) is 0 Å². The number of ether oxygens (including phenoxy) is 1. The summed E-state index contributed by atoms with van der Waals surface area (Å²) in [5.41, 5.74) is 0. The zero-order chi connectivity index (χ0) is 18.1. The van der Waals surface area contributed by atoms with Gasteiger partial charge in [-0.05, 0) is 46.0 Å². The summed E-state index contributed by atoms with van der Waals surface area (Å²) in [7, 11) is 0. The minimum Gasteiger partial charge on any atom is -0.466 e. The first-order chi connectivity index (χ1) is 12.2. The predicted octanol–water partition coefficient (Wildman–Crippen LogP) is 1.86. The zero-order valence-electron chi connectivity index (χ0n) is 16.0. The lowest BCUT2D eigenvalue weighted by Gasteiger charge is -2.33. The number of nitrogens with zero attached hydrogens (tertiary/aromatic N) is 3. The van der Waals surface area contributed by atoms with Gasteiger partial charge in [0.1, 0.15) is 6.54 Å². The van der Waals surface area contributed by atoms with E-state index in [-0.39, 0.29) is 48.3 Å². The van der Waals surface area contributed by atoms with Crippen molar-refractivity contribution in [1.82, 2.24) is 15.1 Å². The van der Waals surface area contributed by atoms with Crippen LogP contribution in [0.2, 0.25) is 0 Å². The summed E-state index contributed by atoms with van der Waals surface area (Å²) in [6.07, 6.45) is 4.94. The average molecular weight is 480 g/mol. The molecule has 150 valence electrons. The molecule has 2 aliphatic rings. The number of hydrogen-bond acceptors (Lipinski definition) is 4. The van der Waals surface area contributed by atoms with Gasteiger partial charge in [0, 0.05) is 32.7 Å². The Labute approximate surface area is 173 Å². The van der Waals surface area contributed by atoms with Crippen LogP contribution in [0.1, 0.15) is 46.0 Å². The summed E-state index contributed by atoms with van der Waals surface area (Å²) in [4.78, 5) is 32.8. The maximum atomic E-state index is 12.3. The summed E-state index contributed by atoms with van der Waals surface area (Å²) in [6, 6.07) is 0. The van der Waals surface area contributed by atoms with Gasteiger partial charge >= 0.3 is 5.97 Å². The molecule has 0 spiro atoms.